The molecule has 1 aliphatic carbocycles. The van der Waals surface area contributed by atoms with Crippen molar-refractivity contribution < 1.29 is 19.1 Å². The summed E-state index contributed by atoms with van der Waals surface area (Å²) in [6.45, 7) is 0. The quantitative estimate of drug-likeness (QED) is 0.707. The average molecular weight is 413 g/mol. The van der Waals surface area contributed by atoms with Crippen molar-refractivity contribution in [3.05, 3.63) is 40.6 Å². The Morgan fingerprint density at radius 2 is 2.00 bits per heavy atom. The summed E-state index contributed by atoms with van der Waals surface area (Å²) in [6, 6.07) is 7.94. The van der Waals surface area contributed by atoms with E-state index >= 15 is 0 Å². The Kier molecular flexibility index (Phi) is 6.78. The number of carbonyl (C=O) groups is 2. The van der Waals surface area contributed by atoms with Crippen molar-refractivity contribution in [1.82, 2.24) is 5.32 Å². The number of thiophene rings is 1. The topological polar surface area (TPSA) is 67.9 Å². The van der Waals surface area contributed by atoms with Gasteiger partial charge in [-0.3, -0.25) is 14.5 Å². The molecule has 0 radical (unpaired) electrons. The Morgan fingerprint density at radius 3 is 2.59 bits per heavy atom. The number of anilines is 1. The highest BCUT2D eigenvalue weighted by Crippen LogP contribution is 2.38. The molecule has 7 heteroatoms. The molecule has 0 bridgehead atoms. The van der Waals surface area contributed by atoms with Crippen LogP contribution in [0.4, 0.5) is 5.69 Å². The van der Waals surface area contributed by atoms with Gasteiger partial charge in [-0.05, 0) is 42.3 Å². The second-order valence-corrected chi connectivity index (χ2v) is 7.74. The zero-order chi connectivity index (χ0) is 20.8. The number of ether oxygens (including phenoxy) is 2. The number of nitrogens with zero attached hydrogens (tertiary/aromatic N) is 1. The van der Waals surface area contributed by atoms with Crippen LogP contribution in [0, 0.1) is 12.3 Å². The molecule has 0 aliphatic heterocycles. The zero-order valence-corrected chi connectivity index (χ0v) is 17.3. The van der Waals surface area contributed by atoms with Crippen LogP contribution in [0.1, 0.15) is 36.6 Å². The first-order chi connectivity index (χ1) is 14.1. The van der Waals surface area contributed by atoms with Crippen LogP contribution >= 0.6 is 11.3 Å². The van der Waals surface area contributed by atoms with E-state index in [2.05, 4.69) is 11.2 Å². The summed E-state index contributed by atoms with van der Waals surface area (Å²) in [7, 11) is 3.03. The lowest BCUT2D eigenvalue weighted by Gasteiger charge is -2.31. The van der Waals surface area contributed by atoms with Crippen molar-refractivity contribution in [2.75, 3.05) is 19.1 Å². The molecule has 0 saturated heterocycles. The predicted molar refractivity (Wildman–Crippen MR) is 113 cm³/mol. The van der Waals surface area contributed by atoms with Crippen LogP contribution in [0.5, 0.6) is 11.5 Å². The van der Waals surface area contributed by atoms with E-state index in [-0.39, 0.29) is 11.9 Å². The third-order valence-electron chi connectivity index (χ3n) is 5.01. The van der Waals surface area contributed by atoms with Crippen molar-refractivity contribution in [2.45, 2.75) is 37.8 Å². The SMILES string of the molecule is C#CC(=O)N(c1cc(OC)ccc1OC)[C@H](C(=O)NC1CCCC1)c1cccs1. The number of terminal acetylenes is 1. The summed E-state index contributed by atoms with van der Waals surface area (Å²) >= 11 is 1.40. The van der Waals surface area contributed by atoms with Crippen LogP contribution in [0.2, 0.25) is 0 Å². The number of benzene rings is 1. The molecule has 1 heterocycles. The second kappa shape index (κ2) is 9.48. The predicted octanol–water partition coefficient (Wildman–Crippen LogP) is 3.53. The maximum absolute atomic E-state index is 13.3. The molecule has 1 aromatic carbocycles. The van der Waals surface area contributed by atoms with Gasteiger partial charge >= 0.3 is 5.91 Å². The van der Waals surface area contributed by atoms with Crippen LogP contribution < -0.4 is 19.7 Å². The minimum atomic E-state index is -0.903. The molecule has 2 aromatic rings. The molecule has 1 saturated carbocycles. The average Bonchev–Trinajstić information content (AvgIpc) is 3.45. The summed E-state index contributed by atoms with van der Waals surface area (Å²) in [6.07, 6.45) is 9.54. The van der Waals surface area contributed by atoms with E-state index in [1.807, 2.05) is 17.5 Å². The number of hydrogen-bond donors (Lipinski definition) is 1. The van der Waals surface area contributed by atoms with Crippen LogP contribution in [0.3, 0.4) is 0 Å². The summed E-state index contributed by atoms with van der Waals surface area (Å²) in [5.74, 6) is 2.22. The van der Waals surface area contributed by atoms with Crippen molar-refractivity contribution in [3.8, 4) is 23.8 Å². The number of methoxy groups -OCH3 is 2. The second-order valence-electron chi connectivity index (χ2n) is 6.77. The van der Waals surface area contributed by atoms with Gasteiger partial charge in [0.1, 0.15) is 11.5 Å². The zero-order valence-electron chi connectivity index (χ0n) is 16.5. The van der Waals surface area contributed by atoms with E-state index in [1.54, 1.807) is 18.2 Å². The molecule has 152 valence electrons. The van der Waals surface area contributed by atoms with E-state index < -0.39 is 11.9 Å². The molecule has 1 fully saturated rings. The van der Waals surface area contributed by atoms with Gasteiger partial charge in [0.05, 0.1) is 19.9 Å². The maximum atomic E-state index is 13.3. The van der Waals surface area contributed by atoms with Gasteiger partial charge < -0.3 is 14.8 Å². The largest absolute Gasteiger partial charge is 0.497 e. The van der Waals surface area contributed by atoms with E-state index in [9.17, 15) is 9.59 Å². The lowest BCUT2D eigenvalue weighted by atomic mass is 10.1. The first kappa shape index (κ1) is 20.7. The van der Waals surface area contributed by atoms with E-state index in [0.29, 0.717) is 22.1 Å². The number of hydrogen-bond acceptors (Lipinski definition) is 5. The van der Waals surface area contributed by atoms with Gasteiger partial charge in [-0.25, -0.2) is 0 Å². The minimum absolute atomic E-state index is 0.111. The van der Waals surface area contributed by atoms with Gasteiger partial charge in [0.25, 0.3) is 0 Å². The fourth-order valence-corrected chi connectivity index (χ4v) is 4.40. The monoisotopic (exact) mass is 412 g/mol. The molecule has 1 aromatic heterocycles. The summed E-state index contributed by atoms with van der Waals surface area (Å²) in [4.78, 5) is 28.3. The molecule has 6 nitrogen and oxygen atoms in total. The maximum Gasteiger partial charge on any atom is 0.303 e. The molecule has 1 atom stereocenters. The van der Waals surface area contributed by atoms with E-state index in [0.717, 1.165) is 25.7 Å². The van der Waals surface area contributed by atoms with Gasteiger partial charge in [0.15, 0.2) is 6.04 Å². The molecule has 0 spiro atoms. The lowest BCUT2D eigenvalue weighted by Crippen LogP contribution is -2.46. The van der Waals surface area contributed by atoms with Crippen molar-refractivity contribution in [2.24, 2.45) is 0 Å². The Bertz CT molecular complexity index is 898. The van der Waals surface area contributed by atoms with Crippen molar-refractivity contribution in [1.29, 1.82) is 0 Å². The molecule has 1 aliphatic rings. The fraction of sp³-hybridized carbons (Fsp3) is 0.364. The van der Waals surface area contributed by atoms with Crippen molar-refractivity contribution >= 4 is 28.8 Å². The third-order valence-corrected chi connectivity index (χ3v) is 5.93. The van der Waals surface area contributed by atoms with E-state index in [4.69, 9.17) is 15.9 Å². The van der Waals surface area contributed by atoms with Crippen LogP contribution in [-0.2, 0) is 9.59 Å². The number of carbonyl (C=O) groups excluding carboxylic acids is 2. The van der Waals surface area contributed by atoms with Gasteiger partial charge in [-0.1, -0.05) is 18.9 Å². The van der Waals surface area contributed by atoms with Crippen LogP contribution in [0.25, 0.3) is 0 Å². The lowest BCUT2D eigenvalue weighted by molar-refractivity contribution is -0.125. The fourth-order valence-electron chi connectivity index (χ4n) is 3.59. The summed E-state index contributed by atoms with van der Waals surface area (Å²) in [5, 5.41) is 4.96. The van der Waals surface area contributed by atoms with Gasteiger partial charge in [0, 0.05) is 17.0 Å². The van der Waals surface area contributed by atoms with Gasteiger partial charge in [0.2, 0.25) is 5.91 Å². The third kappa shape index (κ3) is 4.54. The molecule has 29 heavy (non-hydrogen) atoms. The highest BCUT2D eigenvalue weighted by atomic mass is 32.1. The standard InChI is InChI=1S/C22H24N2O4S/c1-4-20(25)24(17-14-16(27-2)11-12-18(17)28-3)21(19-10-7-13-29-19)22(26)23-15-8-5-6-9-15/h1,7,10-15,21H,5-6,8-9H2,2-3H3,(H,23,26)/t21-/m0/s1. The first-order valence-electron chi connectivity index (χ1n) is 9.44. The summed E-state index contributed by atoms with van der Waals surface area (Å²) in [5.41, 5.74) is 0.384. The Hall–Kier alpha value is -2.98. The smallest absolute Gasteiger partial charge is 0.303 e. The highest BCUT2D eigenvalue weighted by Gasteiger charge is 2.36. The Balaban J connectivity index is 2.09. The van der Waals surface area contributed by atoms with Crippen molar-refractivity contribution in [3.63, 3.8) is 0 Å². The Labute approximate surface area is 174 Å². The van der Waals surface area contributed by atoms with Crippen LogP contribution in [0.15, 0.2) is 35.7 Å². The summed E-state index contributed by atoms with van der Waals surface area (Å²) < 4.78 is 10.8. The first-order valence-corrected chi connectivity index (χ1v) is 10.3. The van der Waals surface area contributed by atoms with Gasteiger partial charge in [-0.15, -0.1) is 17.8 Å². The van der Waals surface area contributed by atoms with E-state index in [1.165, 1.54) is 30.5 Å². The molecule has 2 amide bonds. The number of amides is 2. The molecule has 1 N–H and O–H groups in total. The molecule has 3 rings (SSSR count). The number of nitrogens with one attached hydrogen (secondary N) is 1. The molecule has 0 unspecified atom stereocenters. The van der Waals surface area contributed by atoms with Gasteiger partial charge in [-0.2, -0.15) is 0 Å². The minimum Gasteiger partial charge on any atom is -0.497 e. The van der Waals surface area contributed by atoms with Crippen LogP contribution in [-0.4, -0.2) is 32.1 Å². The molecular weight excluding hydrogens is 388 g/mol. The number of rotatable bonds is 7. The normalized spacial score (nSPS) is 14.7. The highest BCUT2D eigenvalue weighted by molar-refractivity contribution is 7.10. The Morgan fingerprint density at radius 1 is 1.24 bits per heavy atom. The molecular formula is C22H24N2O4S.